The topological polar surface area (TPSA) is 105 Å². The lowest BCUT2D eigenvalue weighted by Gasteiger charge is -2.15. The average Bonchev–Trinajstić information content (AvgIpc) is 3.38. The van der Waals surface area contributed by atoms with Crippen LogP contribution >= 0.6 is 21.6 Å². The Bertz CT molecular complexity index is 1670. The van der Waals surface area contributed by atoms with Gasteiger partial charge in [-0.3, -0.25) is 0 Å². The Morgan fingerprint density at radius 3 is 1.62 bits per heavy atom. The quantitative estimate of drug-likeness (QED) is 0.0835. The number of nitrogens with one attached hydrogen (secondary N) is 1. The van der Waals surface area contributed by atoms with E-state index in [2.05, 4.69) is 79.7 Å². The van der Waals surface area contributed by atoms with Crippen molar-refractivity contribution >= 4 is 64.2 Å². The maximum absolute atomic E-state index is 12.7. The molecule has 2 aromatic rings. The lowest BCUT2D eigenvalue weighted by molar-refractivity contribution is -0.439. The van der Waals surface area contributed by atoms with Crippen molar-refractivity contribution in [2.75, 3.05) is 62.6 Å². The first kappa shape index (κ1) is 40.7. The molecule has 0 aromatic heterocycles. The number of hydrogen-bond donors (Lipinski definition) is 1. The van der Waals surface area contributed by atoms with Crippen molar-refractivity contribution in [3.05, 3.63) is 47.5 Å². The molecule has 0 saturated heterocycles. The van der Waals surface area contributed by atoms with E-state index >= 15 is 0 Å². The summed E-state index contributed by atoms with van der Waals surface area (Å²) in [7, 11) is 0.0834. The summed E-state index contributed by atoms with van der Waals surface area (Å²) in [5, 5.41) is 0. The molecular formula is C37H57N3O6S4+2. The largest absolute Gasteiger partial charge is 0.497 e. The molecule has 4 rings (SSSR count). The van der Waals surface area contributed by atoms with Crippen LogP contribution in [-0.2, 0) is 30.7 Å². The van der Waals surface area contributed by atoms with E-state index in [1.807, 2.05) is 12.1 Å². The number of ether oxygens (including phenoxy) is 2. The number of fused-ring (bicyclic) bond motifs is 2. The van der Waals surface area contributed by atoms with Gasteiger partial charge in [-0.25, -0.2) is 21.6 Å². The van der Waals surface area contributed by atoms with E-state index in [4.69, 9.17) is 9.47 Å². The Morgan fingerprint density at radius 2 is 1.12 bits per heavy atom. The molecular weight excluding hydrogens is 711 g/mol. The Kier molecular flexibility index (Phi) is 14.0. The minimum absolute atomic E-state index is 0.0932. The zero-order chi connectivity index (χ0) is 36.7. The summed E-state index contributed by atoms with van der Waals surface area (Å²) in [6.45, 7) is 15.1. The van der Waals surface area contributed by atoms with Crippen molar-refractivity contribution in [2.45, 2.75) is 84.5 Å². The van der Waals surface area contributed by atoms with Crippen LogP contribution in [0.4, 0.5) is 11.4 Å². The van der Waals surface area contributed by atoms with Crippen LogP contribution < -0.4 is 14.2 Å². The maximum Gasteiger partial charge on any atom is 0.211 e. The van der Waals surface area contributed by atoms with Crippen LogP contribution in [-0.4, -0.2) is 100 Å². The van der Waals surface area contributed by atoms with Crippen molar-refractivity contribution < 1.29 is 35.5 Å². The first-order valence-electron chi connectivity index (χ1n) is 17.6. The SMILES string of the molecule is COc1ccc2c(c1)C(C)(C)C(C)=[N+]2CCCCS(=O)(=O)CCCSSCCNS(=O)(=O)CCCC[N+]1=C(C)C(C)(C)c2cc(OC)ccc21. The van der Waals surface area contributed by atoms with Gasteiger partial charge in [-0.15, -0.1) is 0 Å². The fourth-order valence-corrected chi connectivity index (χ4v) is 11.7. The molecule has 0 unspecified atom stereocenters. The van der Waals surface area contributed by atoms with Crippen molar-refractivity contribution in [1.29, 1.82) is 0 Å². The third-order valence-corrected chi connectivity index (χ3v) is 16.1. The Balaban J connectivity index is 1.06. The highest BCUT2D eigenvalue weighted by molar-refractivity contribution is 8.76. The van der Waals surface area contributed by atoms with Crippen LogP contribution in [0.2, 0.25) is 0 Å². The van der Waals surface area contributed by atoms with E-state index in [0.29, 0.717) is 37.3 Å². The van der Waals surface area contributed by atoms with Crippen LogP contribution in [0.3, 0.4) is 0 Å². The summed E-state index contributed by atoms with van der Waals surface area (Å²) in [5.41, 5.74) is 7.15. The molecule has 0 saturated carbocycles. The molecule has 2 heterocycles. The van der Waals surface area contributed by atoms with Crippen LogP contribution in [0.1, 0.15) is 84.8 Å². The second-order valence-electron chi connectivity index (χ2n) is 14.3. The highest BCUT2D eigenvalue weighted by Gasteiger charge is 2.44. The summed E-state index contributed by atoms with van der Waals surface area (Å²) in [6.07, 6.45) is 3.39. The van der Waals surface area contributed by atoms with E-state index in [-0.39, 0.29) is 28.1 Å². The van der Waals surface area contributed by atoms with E-state index < -0.39 is 19.9 Å². The number of unbranched alkanes of at least 4 members (excludes halogenated alkanes) is 2. The predicted octanol–water partition coefficient (Wildman–Crippen LogP) is 6.86. The number of hydrogen-bond acceptors (Lipinski definition) is 8. The molecule has 0 atom stereocenters. The Hall–Kier alpha value is -2.06. The molecule has 0 spiro atoms. The van der Waals surface area contributed by atoms with E-state index in [9.17, 15) is 16.8 Å². The molecule has 0 aliphatic carbocycles. The van der Waals surface area contributed by atoms with Crippen LogP contribution in [0.5, 0.6) is 11.5 Å². The third kappa shape index (κ3) is 9.87. The van der Waals surface area contributed by atoms with Gasteiger partial charge in [0.25, 0.3) is 0 Å². The van der Waals surface area contributed by atoms with Crippen molar-refractivity contribution in [3.63, 3.8) is 0 Å². The molecule has 278 valence electrons. The molecule has 9 nitrogen and oxygen atoms in total. The van der Waals surface area contributed by atoms with Crippen LogP contribution in [0.25, 0.3) is 0 Å². The van der Waals surface area contributed by atoms with Crippen molar-refractivity contribution in [1.82, 2.24) is 4.72 Å². The summed E-state index contributed by atoms with van der Waals surface area (Å²) < 4.78 is 68.7. The van der Waals surface area contributed by atoms with Gasteiger partial charge in [-0.05, 0) is 71.2 Å². The number of sulfonamides is 1. The zero-order valence-electron chi connectivity index (χ0n) is 31.1. The number of sulfone groups is 1. The van der Waals surface area contributed by atoms with Crippen LogP contribution in [0.15, 0.2) is 36.4 Å². The van der Waals surface area contributed by atoms with Gasteiger partial charge in [-0.1, -0.05) is 21.6 Å². The summed E-state index contributed by atoms with van der Waals surface area (Å²) >= 11 is 0. The molecule has 13 heteroatoms. The first-order chi connectivity index (χ1) is 23.5. The van der Waals surface area contributed by atoms with E-state index in [0.717, 1.165) is 37.4 Å². The number of benzene rings is 2. The minimum Gasteiger partial charge on any atom is -0.497 e. The van der Waals surface area contributed by atoms with Gasteiger partial charge in [0.2, 0.25) is 21.4 Å². The number of nitrogens with zero attached hydrogens (tertiary/aromatic N) is 2. The van der Waals surface area contributed by atoms with Gasteiger partial charge >= 0.3 is 0 Å². The molecule has 0 radical (unpaired) electrons. The Labute approximate surface area is 309 Å². The smallest absolute Gasteiger partial charge is 0.211 e. The molecule has 2 aliphatic rings. The summed E-state index contributed by atoms with van der Waals surface area (Å²) in [5.74, 6) is 3.53. The molecule has 0 fully saturated rings. The van der Waals surface area contributed by atoms with Gasteiger partial charge in [0.15, 0.2) is 11.4 Å². The fraction of sp³-hybridized carbons (Fsp3) is 0.622. The standard InChI is InChI=1S/C37H57N3O6S4/c1-28-36(3,4)32-26-30(45-7)14-16-34(32)39(28)19-9-11-23-49(41,42)24-13-21-47-48-22-18-38-50(43,44)25-12-10-20-40-29(2)37(5,6)33-27-31(46-8)15-17-35(33)40/h14-17,26-27,38H,9-13,18-25H2,1-8H3/q+2. The highest BCUT2D eigenvalue weighted by Crippen LogP contribution is 2.42. The summed E-state index contributed by atoms with van der Waals surface area (Å²) in [4.78, 5) is 0. The van der Waals surface area contributed by atoms with Crippen LogP contribution in [0, 0.1) is 0 Å². The molecule has 0 amide bonds. The van der Waals surface area contributed by atoms with Gasteiger partial charge in [0.1, 0.15) is 34.4 Å². The van der Waals surface area contributed by atoms with Gasteiger partial charge in [-0.2, -0.15) is 9.15 Å². The normalized spacial score (nSPS) is 16.6. The molecule has 2 aliphatic heterocycles. The zero-order valence-corrected chi connectivity index (χ0v) is 34.4. The minimum atomic E-state index is -3.35. The number of rotatable bonds is 21. The lowest BCUT2D eigenvalue weighted by Crippen LogP contribution is -2.29. The monoisotopic (exact) mass is 767 g/mol. The maximum atomic E-state index is 12.7. The van der Waals surface area contributed by atoms with Gasteiger partial charge in [0, 0.05) is 68.0 Å². The number of methoxy groups -OCH3 is 2. The lowest BCUT2D eigenvalue weighted by atomic mass is 9.82. The average molecular weight is 768 g/mol. The fourth-order valence-electron chi connectivity index (χ4n) is 6.78. The molecule has 2 aromatic carbocycles. The molecule has 1 N–H and O–H groups in total. The van der Waals surface area contributed by atoms with Gasteiger partial charge < -0.3 is 9.47 Å². The third-order valence-electron chi connectivity index (χ3n) is 10.4. The van der Waals surface area contributed by atoms with Gasteiger partial charge in [0.05, 0.1) is 42.3 Å². The second-order valence-corrected chi connectivity index (χ2v) is 21.2. The highest BCUT2D eigenvalue weighted by atomic mass is 33.1. The van der Waals surface area contributed by atoms with E-state index in [1.54, 1.807) is 35.8 Å². The summed E-state index contributed by atoms with van der Waals surface area (Å²) in [6, 6.07) is 12.4. The van der Waals surface area contributed by atoms with E-state index in [1.165, 1.54) is 33.9 Å². The van der Waals surface area contributed by atoms with Crippen molar-refractivity contribution in [3.8, 4) is 11.5 Å². The second kappa shape index (κ2) is 17.2. The first-order valence-corrected chi connectivity index (χ1v) is 23.5. The Morgan fingerprint density at radius 1 is 0.660 bits per heavy atom. The predicted molar refractivity (Wildman–Crippen MR) is 211 cm³/mol. The van der Waals surface area contributed by atoms with Crippen molar-refractivity contribution in [2.24, 2.45) is 0 Å². The molecule has 50 heavy (non-hydrogen) atoms. The molecule has 0 bridgehead atoms.